The molecule has 1 N–H and O–H groups in total. The topological polar surface area (TPSA) is 66.8 Å². The second kappa shape index (κ2) is 2.90. The van der Waals surface area contributed by atoms with Crippen LogP contribution in [0, 0.1) is 0 Å². The summed E-state index contributed by atoms with van der Waals surface area (Å²) < 4.78 is 4.68. The number of carbonyl (C=O) groups excluding carboxylic acids is 1. The van der Waals surface area contributed by atoms with Crippen LogP contribution in [0.2, 0.25) is 0 Å². The van der Waals surface area contributed by atoms with Gasteiger partial charge in [0.25, 0.3) is 0 Å². The minimum atomic E-state index is -1.06. The summed E-state index contributed by atoms with van der Waals surface area (Å²) in [5.41, 5.74) is 0. The van der Waals surface area contributed by atoms with Gasteiger partial charge in [-0.3, -0.25) is 0 Å². The van der Waals surface area contributed by atoms with Crippen LogP contribution in [0.1, 0.15) is 19.3 Å². The Labute approximate surface area is 75.3 Å². The summed E-state index contributed by atoms with van der Waals surface area (Å²) in [7, 11) is 0. The first-order chi connectivity index (χ1) is 6.18. The second-order valence-corrected chi connectivity index (χ2v) is 3.45. The third-order valence-corrected chi connectivity index (χ3v) is 2.63. The van der Waals surface area contributed by atoms with Crippen LogP contribution in [-0.2, 0) is 9.53 Å². The molecule has 2 aliphatic rings. The zero-order valence-electron chi connectivity index (χ0n) is 7.10. The lowest BCUT2D eigenvalue weighted by Crippen LogP contribution is -2.41. The van der Waals surface area contributed by atoms with Gasteiger partial charge in [0.1, 0.15) is 0 Å². The Morgan fingerprint density at radius 2 is 2.23 bits per heavy atom. The SMILES string of the molecule is O=C(O)[C@H]1CN(C2CCC2)C(=O)O1. The third kappa shape index (κ3) is 1.34. The molecule has 1 saturated heterocycles. The van der Waals surface area contributed by atoms with E-state index in [2.05, 4.69) is 4.74 Å². The maximum Gasteiger partial charge on any atom is 0.411 e. The molecule has 1 saturated carbocycles. The van der Waals surface area contributed by atoms with Crippen molar-refractivity contribution >= 4 is 12.1 Å². The van der Waals surface area contributed by atoms with Gasteiger partial charge in [0.05, 0.1) is 6.54 Å². The van der Waals surface area contributed by atoms with E-state index in [4.69, 9.17) is 5.11 Å². The maximum absolute atomic E-state index is 11.2. The van der Waals surface area contributed by atoms with Crippen molar-refractivity contribution in [2.45, 2.75) is 31.4 Å². The first-order valence-electron chi connectivity index (χ1n) is 4.38. The number of aliphatic carboxylic acids is 1. The molecule has 1 aliphatic carbocycles. The van der Waals surface area contributed by atoms with Gasteiger partial charge in [0.2, 0.25) is 6.10 Å². The molecule has 2 fully saturated rings. The number of amides is 1. The zero-order chi connectivity index (χ0) is 9.42. The molecule has 5 nitrogen and oxygen atoms in total. The molecule has 2 rings (SSSR count). The summed E-state index contributed by atoms with van der Waals surface area (Å²) in [5.74, 6) is -1.06. The summed E-state index contributed by atoms with van der Waals surface area (Å²) in [4.78, 5) is 23.2. The molecule has 1 aliphatic heterocycles. The highest BCUT2D eigenvalue weighted by molar-refractivity contribution is 5.81. The van der Waals surface area contributed by atoms with Crippen molar-refractivity contribution in [2.75, 3.05) is 6.54 Å². The van der Waals surface area contributed by atoms with Gasteiger partial charge in [-0.15, -0.1) is 0 Å². The molecule has 0 spiro atoms. The number of carbonyl (C=O) groups is 2. The molecule has 1 heterocycles. The predicted octanol–water partition coefficient (Wildman–Crippen LogP) is 0.444. The number of cyclic esters (lactones) is 1. The van der Waals surface area contributed by atoms with Gasteiger partial charge < -0.3 is 14.7 Å². The van der Waals surface area contributed by atoms with Gasteiger partial charge in [-0.25, -0.2) is 9.59 Å². The molecule has 0 aromatic carbocycles. The fourth-order valence-electron chi connectivity index (χ4n) is 1.60. The van der Waals surface area contributed by atoms with Gasteiger partial charge >= 0.3 is 12.1 Å². The van der Waals surface area contributed by atoms with Crippen LogP contribution in [-0.4, -0.2) is 40.8 Å². The highest BCUT2D eigenvalue weighted by Gasteiger charge is 2.41. The average Bonchev–Trinajstić information content (AvgIpc) is 2.29. The lowest BCUT2D eigenvalue weighted by molar-refractivity contribution is -0.144. The fraction of sp³-hybridized carbons (Fsp3) is 0.750. The Bertz CT molecular complexity index is 249. The van der Waals surface area contributed by atoms with Crippen molar-refractivity contribution in [2.24, 2.45) is 0 Å². The van der Waals surface area contributed by atoms with E-state index in [0.717, 1.165) is 19.3 Å². The summed E-state index contributed by atoms with van der Waals surface area (Å²) in [6.45, 7) is 0.207. The van der Waals surface area contributed by atoms with Crippen LogP contribution < -0.4 is 0 Å². The van der Waals surface area contributed by atoms with Crippen molar-refractivity contribution in [1.29, 1.82) is 0 Å². The van der Waals surface area contributed by atoms with Gasteiger partial charge in [-0.1, -0.05) is 0 Å². The molecule has 0 aromatic heterocycles. The van der Waals surface area contributed by atoms with Crippen molar-refractivity contribution in [3.05, 3.63) is 0 Å². The summed E-state index contributed by atoms with van der Waals surface area (Å²) in [6, 6.07) is 0.219. The van der Waals surface area contributed by atoms with Gasteiger partial charge in [0.15, 0.2) is 0 Å². The number of ether oxygens (including phenoxy) is 1. The highest BCUT2D eigenvalue weighted by Crippen LogP contribution is 2.28. The van der Waals surface area contributed by atoms with Gasteiger partial charge in [0, 0.05) is 6.04 Å². The number of nitrogens with zero attached hydrogens (tertiary/aromatic N) is 1. The van der Waals surface area contributed by atoms with E-state index in [1.807, 2.05) is 0 Å². The number of carboxylic acids is 1. The zero-order valence-corrected chi connectivity index (χ0v) is 7.10. The second-order valence-electron chi connectivity index (χ2n) is 3.45. The first kappa shape index (κ1) is 8.34. The molecular formula is C8H11NO4. The number of carboxylic acid groups (broad SMARTS) is 1. The number of rotatable bonds is 2. The molecule has 0 radical (unpaired) electrons. The van der Waals surface area contributed by atoms with E-state index >= 15 is 0 Å². The standard InChI is InChI=1S/C8H11NO4/c10-7(11)6-4-9(8(12)13-6)5-2-1-3-5/h5-6H,1-4H2,(H,10,11)/t6-/m1/s1. The monoisotopic (exact) mass is 185 g/mol. The van der Waals surface area contributed by atoms with Crippen LogP contribution in [0.3, 0.4) is 0 Å². The van der Waals surface area contributed by atoms with Crippen molar-refractivity contribution in [3.8, 4) is 0 Å². The Kier molecular flexibility index (Phi) is 1.86. The Morgan fingerprint density at radius 3 is 2.62 bits per heavy atom. The number of hydrogen-bond donors (Lipinski definition) is 1. The Morgan fingerprint density at radius 1 is 1.54 bits per heavy atom. The van der Waals surface area contributed by atoms with E-state index in [1.54, 1.807) is 0 Å². The van der Waals surface area contributed by atoms with Crippen LogP contribution in [0.5, 0.6) is 0 Å². The molecule has 1 amide bonds. The van der Waals surface area contributed by atoms with E-state index in [9.17, 15) is 9.59 Å². The quantitative estimate of drug-likeness (QED) is 0.678. The summed E-state index contributed by atoms with van der Waals surface area (Å²) in [6.07, 6.45) is 1.62. The van der Waals surface area contributed by atoms with Crippen molar-refractivity contribution in [1.82, 2.24) is 4.90 Å². The van der Waals surface area contributed by atoms with E-state index in [-0.39, 0.29) is 12.6 Å². The van der Waals surface area contributed by atoms with Gasteiger partial charge in [-0.2, -0.15) is 0 Å². The van der Waals surface area contributed by atoms with Crippen molar-refractivity contribution < 1.29 is 19.4 Å². The molecule has 0 aromatic rings. The highest BCUT2D eigenvalue weighted by atomic mass is 16.6. The third-order valence-electron chi connectivity index (χ3n) is 2.63. The van der Waals surface area contributed by atoms with Crippen LogP contribution in [0.25, 0.3) is 0 Å². The molecule has 0 unspecified atom stereocenters. The van der Waals surface area contributed by atoms with E-state index in [0.29, 0.717) is 0 Å². The first-order valence-corrected chi connectivity index (χ1v) is 4.38. The van der Waals surface area contributed by atoms with Crippen LogP contribution >= 0.6 is 0 Å². The van der Waals surface area contributed by atoms with Crippen LogP contribution in [0.15, 0.2) is 0 Å². The lowest BCUT2D eigenvalue weighted by atomic mass is 9.92. The largest absolute Gasteiger partial charge is 0.478 e. The lowest BCUT2D eigenvalue weighted by Gasteiger charge is -2.32. The molecule has 72 valence electrons. The van der Waals surface area contributed by atoms with E-state index in [1.165, 1.54) is 4.90 Å². The molecule has 0 bridgehead atoms. The van der Waals surface area contributed by atoms with Gasteiger partial charge in [-0.05, 0) is 19.3 Å². The molecular weight excluding hydrogens is 174 g/mol. The molecule has 5 heteroatoms. The fourth-order valence-corrected chi connectivity index (χ4v) is 1.60. The molecule has 1 atom stereocenters. The summed E-state index contributed by atoms with van der Waals surface area (Å²) in [5, 5.41) is 8.62. The van der Waals surface area contributed by atoms with E-state index < -0.39 is 18.2 Å². The van der Waals surface area contributed by atoms with Crippen molar-refractivity contribution in [3.63, 3.8) is 0 Å². The predicted molar refractivity (Wildman–Crippen MR) is 42.2 cm³/mol. The Hall–Kier alpha value is -1.26. The van der Waals surface area contributed by atoms with Crippen LogP contribution in [0.4, 0.5) is 4.79 Å². The minimum Gasteiger partial charge on any atom is -0.478 e. The smallest absolute Gasteiger partial charge is 0.411 e. The molecule has 13 heavy (non-hydrogen) atoms. The minimum absolute atomic E-state index is 0.207. The summed E-state index contributed by atoms with van der Waals surface area (Å²) >= 11 is 0. The average molecular weight is 185 g/mol. The number of hydrogen-bond acceptors (Lipinski definition) is 3. The Balaban J connectivity index is 1.98. The normalized spacial score (nSPS) is 28.5. The maximum atomic E-state index is 11.2.